The van der Waals surface area contributed by atoms with Crippen molar-refractivity contribution in [1.82, 2.24) is 0 Å². The van der Waals surface area contributed by atoms with Gasteiger partial charge in [0.2, 0.25) is 0 Å². The predicted molar refractivity (Wildman–Crippen MR) is 60.6 cm³/mol. The number of hydrogen-bond acceptors (Lipinski definition) is 2. The molecule has 1 aromatic rings. The van der Waals surface area contributed by atoms with E-state index in [1.54, 1.807) is 6.07 Å². The number of carboxylic acids is 1. The molecule has 0 unspecified atom stereocenters. The molecular formula is C7H5BrCl2O2S. The molecule has 0 fully saturated rings. The van der Waals surface area contributed by atoms with Gasteiger partial charge in [-0.25, -0.2) is 4.79 Å². The van der Waals surface area contributed by atoms with E-state index in [2.05, 4.69) is 28.6 Å². The second kappa shape index (κ2) is 5.10. The van der Waals surface area contributed by atoms with Crippen molar-refractivity contribution >= 4 is 58.5 Å². The molecule has 0 saturated carbocycles. The third kappa shape index (κ3) is 3.06. The van der Waals surface area contributed by atoms with Gasteiger partial charge < -0.3 is 5.11 Å². The Bertz CT molecular complexity index is 344. The van der Waals surface area contributed by atoms with Crippen LogP contribution in [-0.2, 0) is 0 Å². The number of benzene rings is 1. The Morgan fingerprint density at radius 3 is 2.54 bits per heavy atom. The molecule has 6 heteroatoms. The number of halogens is 3. The summed E-state index contributed by atoms with van der Waals surface area (Å²) in [7, 11) is 0. The Morgan fingerprint density at radius 1 is 1.54 bits per heavy atom. The maximum Gasteiger partial charge on any atom is 0.336 e. The van der Waals surface area contributed by atoms with Gasteiger partial charge in [-0.05, 0) is 28.1 Å². The quantitative estimate of drug-likeness (QED) is 0.779. The zero-order chi connectivity index (χ0) is 9.30. The highest BCUT2D eigenvalue weighted by Gasteiger charge is 2.10. The van der Waals surface area contributed by atoms with Gasteiger partial charge in [0.15, 0.2) is 0 Å². The minimum atomic E-state index is -1.03. The lowest BCUT2D eigenvalue weighted by Crippen LogP contribution is -1.97. The molecule has 13 heavy (non-hydrogen) atoms. The highest BCUT2D eigenvalue weighted by atomic mass is 79.9. The van der Waals surface area contributed by atoms with E-state index >= 15 is 0 Å². The molecule has 0 aliphatic carbocycles. The Hall–Kier alpha value is 0.1000. The van der Waals surface area contributed by atoms with Crippen LogP contribution >= 0.6 is 52.6 Å². The predicted octanol–water partition coefficient (Wildman–Crippen LogP) is 3.51. The first kappa shape index (κ1) is 13.1. The lowest BCUT2D eigenvalue weighted by molar-refractivity contribution is 0.0693. The molecule has 1 N–H and O–H groups in total. The average Bonchev–Trinajstić information content (AvgIpc) is 1.96. The van der Waals surface area contributed by atoms with Gasteiger partial charge in [-0.15, -0.1) is 25.0 Å². The van der Waals surface area contributed by atoms with Crippen molar-refractivity contribution in [1.29, 1.82) is 0 Å². The van der Waals surface area contributed by atoms with Crippen LogP contribution in [0, 0.1) is 0 Å². The summed E-state index contributed by atoms with van der Waals surface area (Å²) in [6.45, 7) is 0. The number of hydrogen-bond donors (Lipinski definition) is 2. The largest absolute Gasteiger partial charge is 0.478 e. The fourth-order valence-electron chi connectivity index (χ4n) is 0.708. The van der Waals surface area contributed by atoms with Crippen LogP contribution in [0.1, 0.15) is 10.4 Å². The molecular weight excluding hydrogens is 299 g/mol. The van der Waals surface area contributed by atoms with Crippen LogP contribution in [0.15, 0.2) is 21.5 Å². The lowest BCUT2D eigenvalue weighted by Gasteiger charge is -2.01. The zero-order valence-electron chi connectivity index (χ0n) is 6.12. The SMILES string of the molecule is Cl.O=C(O)c1cc(Cl)c(Br)cc1S. The minimum Gasteiger partial charge on any atom is -0.478 e. The second-order valence-electron chi connectivity index (χ2n) is 2.09. The summed E-state index contributed by atoms with van der Waals surface area (Å²) >= 11 is 12.8. The Balaban J connectivity index is 0.00000144. The highest BCUT2D eigenvalue weighted by molar-refractivity contribution is 9.10. The summed E-state index contributed by atoms with van der Waals surface area (Å²) in [5.41, 5.74) is 0.103. The van der Waals surface area contributed by atoms with Crippen LogP contribution in [0.5, 0.6) is 0 Å². The van der Waals surface area contributed by atoms with Gasteiger partial charge in [0.25, 0.3) is 0 Å². The molecule has 0 aliphatic rings. The molecule has 1 aromatic carbocycles. The average molecular weight is 304 g/mol. The lowest BCUT2D eigenvalue weighted by atomic mass is 10.2. The third-order valence-electron chi connectivity index (χ3n) is 1.27. The first-order chi connectivity index (χ1) is 5.52. The number of aromatic carboxylic acids is 1. The fourth-order valence-corrected chi connectivity index (χ4v) is 1.68. The van der Waals surface area contributed by atoms with Crippen molar-refractivity contribution in [3.05, 3.63) is 27.2 Å². The molecule has 0 saturated heterocycles. The van der Waals surface area contributed by atoms with Gasteiger partial charge in [0.05, 0.1) is 10.6 Å². The Morgan fingerprint density at radius 2 is 2.08 bits per heavy atom. The van der Waals surface area contributed by atoms with Crippen LogP contribution in [0.4, 0.5) is 0 Å². The van der Waals surface area contributed by atoms with Crippen LogP contribution in [-0.4, -0.2) is 11.1 Å². The summed E-state index contributed by atoms with van der Waals surface area (Å²) in [5, 5.41) is 9.02. The number of carboxylic acid groups (broad SMARTS) is 1. The van der Waals surface area contributed by atoms with E-state index in [1.165, 1.54) is 6.07 Å². The summed E-state index contributed by atoms with van der Waals surface area (Å²) in [6, 6.07) is 2.91. The summed E-state index contributed by atoms with van der Waals surface area (Å²) in [5.74, 6) is -1.03. The maximum atomic E-state index is 10.6. The Kier molecular flexibility index (Phi) is 5.14. The summed E-state index contributed by atoms with van der Waals surface area (Å²) < 4.78 is 0.638. The third-order valence-corrected chi connectivity index (χ3v) is 2.84. The van der Waals surface area contributed by atoms with Crippen molar-refractivity contribution in [2.45, 2.75) is 4.90 Å². The van der Waals surface area contributed by atoms with E-state index in [-0.39, 0.29) is 18.0 Å². The van der Waals surface area contributed by atoms with Gasteiger partial charge in [-0.1, -0.05) is 11.6 Å². The van der Waals surface area contributed by atoms with E-state index in [1.807, 2.05) is 0 Å². The Labute approximate surface area is 100 Å². The van der Waals surface area contributed by atoms with Crippen LogP contribution in [0.25, 0.3) is 0 Å². The molecule has 0 aliphatic heterocycles. The first-order valence-electron chi connectivity index (χ1n) is 2.93. The molecule has 0 amide bonds. The van der Waals surface area contributed by atoms with Gasteiger partial charge in [0.1, 0.15) is 0 Å². The van der Waals surface area contributed by atoms with Gasteiger partial charge in [0, 0.05) is 9.37 Å². The molecule has 2 nitrogen and oxygen atoms in total. The summed E-state index contributed by atoms with van der Waals surface area (Å²) in [6.07, 6.45) is 0. The molecule has 0 aromatic heterocycles. The van der Waals surface area contributed by atoms with Crippen LogP contribution in [0.2, 0.25) is 5.02 Å². The smallest absolute Gasteiger partial charge is 0.336 e. The van der Waals surface area contributed by atoms with Gasteiger partial charge in [-0.3, -0.25) is 0 Å². The summed E-state index contributed by atoms with van der Waals surface area (Å²) in [4.78, 5) is 11.0. The number of carbonyl (C=O) groups is 1. The van der Waals surface area contributed by atoms with Crippen LogP contribution in [0.3, 0.4) is 0 Å². The molecule has 0 bridgehead atoms. The molecule has 1 rings (SSSR count). The molecule has 0 spiro atoms. The van der Waals surface area contributed by atoms with E-state index in [0.717, 1.165) is 0 Å². The second-order valence-corrected chi connectivity index (χ2v) is 3.83. The monoisotopic (exact) mass is 302 g/mol. The van der Waals surface area contributed by atoms with E-state index < -0.39 is 5.97 Å². The van der Waals surface area contributed by atoms with Gasteiger partial charge in [-0.2, -0.15) is 0 Å². The van der Waals surface area contributed by atoms with Crippen molar-refractivity contribution in [2.24, 2.45) is 0 Å². The molecule has 72 valence electrons. The standard InChI is InChI=1S/C7H4BrClO2S.ClH/c8-4-2-6(12)3(7(10)11)1-5(4)9;/h1-2,12H,(H,10,11);1H. The fraction of sp³-hybridized carbons (Fsp3) is 0. The van der Waals surface area contributed by atoms with Crippen LogP contribution < -0.4 is 0 Å². The van der Waals surface area contributed by atoms with E-state index in [4.69, 9.17) is 16.7 Å². The van der Waals surface area contributed by atoms with Gasteiger partial charge >= 0.3 is 5.97 Å². The van der Waals surface area contributed by atoms with Crippen molar-refractivity contribution in [3.63, 3.8) is 0 Å². The number of thiol groups is 1. The normalized spacial score (nSPS) is 9.15. The molecule has 0 atom stereocenters. The maximum absolute atomic E-state index is 10.6. The van der Waals surface area contributed by atoms with E-state index in [9.17, 15) is 4.79 Å². The van der Waals surface area contributed by atoms with Crippen molar-refractivity contribution in [3.8, 4) is 0 Å². The van der Waals surface area contributed by atoms with Crippen molar-refractivity contribution < 1.29 is 9.90 Å². The topological polar surface area (TPSA) is 37.3 Å². The van der Waals surface area contributed by atoms with Crippen molar-refractivity contribution in [2.75, 3.05) is 0 Å². The zero-order valence-corrected chi connectivity index (χ0v) is 10.2. The highest BCUT2D eigenvalue weighted by Crippen LogP contribution is 2.28. The molecule has 0 radical (unpaired) electrons. The first-order valence-corrected chi connectivity index (χ1v) is 4.55. The molecule has 0 heterocycles. The minimum absolute atomic E-state index is 0. The number of rotatable bonds is 1. The van der Waals surface area contributed by atoms with E-state index in [0.29, 0.717) is 14.4 Å².